The number of nitrogens with two attached hydrogens (primary N) is 1. The molecule has 2 fully saturated rings. The van der Waals surface area contributed by atoms with E-state index < -0.39 is 0 Å². The van der Waals surface area contributed by atoms with Crippen molar-refractivity contribution in [3.8, 4) is 5.75 Å². The van der Waals surface area contributed by atoms with E-state index in [9.17, 15) is 4.39 Å². The molecule has 2 unspecified atom stereocenters. The summed E-state index contributed by atoms with van der Waals surface area (Å²) in [7, 11) is 0. The lowest BCUT2D eigenvalue weighted by atomic mass is 9.58. The van der Waals surface area contributed by atoms with Gasteiger partial charge in [-0.25, -0.2) is 4.39 Å². The van der Waals surface area contributed by atoms with Crippen molar-refractivity contribution in [1.29, 1.82) is 0 Å². The maximum absolute atomic E-state index is 13.3. The summed E-state index contributed by atoms with van der Waals surface area (Å²) in [4.78, 5) is 0. The first-order valence-corrected chi connectivity index (χ1v) is 7.80. The van der Waals surface area contributed by atoms with Gasteiger partial charge in [0.2, 0.25) is 0 Å². The van der Waals surface area contributed by atoms with E-state index in [1.807, 2.05) is 0 Å². The Bertz CT molecular complexity index is 480. The molecule has 2 aliphatic carbocycles. The molecule has 1 spiro atoms. The summed E-state index contributed by atoms with van der Waals surface area (Å²) in [5, 5.41) is 0. The third-order valence-electron chi connectivity index (χ3n) is 5.29. The van der Waals surface area contributed by atoms with Gasteiger partial charge in [-0.05, 0) is 43.5 Å². The smallest absolute Gasteiger partial charge is 0.126 e. The van der Waals surface area contributed by atoms with Crippen molar-refractivity contribution in [2.45, 2.75) is 64.0 Å². The van der Waals surface area contributed by atoms with Crippen LogP contribution in [0.3, 0.4) is 0 Å². The van der Waals surface area contributed by atoms with Crippen LogP contribution in [0.4, 0.5) is 4.39 Å². The Kier molecular flexibility index (Phi) is 3.72. The molecule has 1 aromatic carbocycles. The molecular formula is C17H24FNO. The molecule has 0 heterocycles. The highest BCUT2D eigenvalue weighted by atomic mass is 19.1. The van der Waals surface area contributed by atoms with Gasteiger partial charge in [-0.2, -0.15) is 0 Å². The zero-order valence-corrected chi connectivity index (χ0v) is 12.2. The van der Waals surface area contributed by atoms with E-state index >= 15 is 0 Å². The van der Waals surface area contributed by atoms with Gasteiger partial charge in [0.05, 0.1) is 0 Å². The number of halogens is 1. The summed E-state index contributed by atoms with van der Waals surface area (Å²) in [5.41, 5.74) is 7.12. The van der Waals surface area contributed by atoms with E-state index in [0.29, 0.717) is 5.56 Å². The fraction of sp³-hybridized carbons (Fsp3) is 0.647. The van der Waals surface area contributed by atoms with Gasteiger partial charge in [-0.1, -0.05) is 25.7 Å². The Hall–Kier alpha value is -1.09. The first-order valence-electron chi connectivity index (χ1n) is 7.80. The van der Waals surface area contributed by atoms with Crippen LogP contribution in [0.25, 0.3) is 0 Å². The highest BCUT2D eigenvalue weighted by molar-refractivity contribution is 5.29. The van der Waals surface area contributed by atoms with Crippen LogP contribution in [0.5, 0.6) is 5.75 Å². The van der Waals surface area contributed by atoms with Crippen LogP contribution < -0.4 is 10.5 Å². The Labute approximate surface area is 120 Å². The van der Waals surface area contributed by atoms with Gasteiger partial charge in [-0.15, -0.1) is 0 Å². The lowest BCUT2D eigenvalue weighted by Crippen LogP contribution is -2.63. The summed E-state index contributed by atoms with van der Waals surface area (Å²) in [6.07, 6.45) is 8.65. The summed E-state index contributed by atoms with van der Waals surface area (Å²) in [5.74, 6) is 0.608. The van der Waals surface area contributed by atoms with Crippen molar-refractivity contribution in [2.24, 2.45) is 11.1 Å². The van der Waals surface area contributed by atoms with Gasteiger partial charge >= 0.3 is 0 Å². The molecule has 3 rings (SSSR count). The summed E-state index contributed by atoms with van der Waals surface area (Å²) < 4.78 is 19.5. The zero-order chi connectivity index (χ0) is 14.2. The van der Waals surface area contributed by atoms with E-state index in [1.165, 1.54) is 44.6 Å². The monoisotopic (exact) mass is 277 g/mol. The molecule has 0 aliphatic heterocycles. The third kappa shape index (κ3) is 2.32. The van der Waals surface area contributed by atoms with Crippen molar-refractivity contribution in [2.75, 3.05) is 0 Å². The lowest BCUT2D eigenvalue weighted by molar-refractivity contribution is -0.0770. The standard InChI is InChI=1S/C17H24FNO/c1-12-10-13(6-7-14(12)18)20-16-11-15(19)17(16)8-4-2-3-5-9-17/h6-7,10,15-16H,2-5,8-9,11,19H2,1H3. The molecule has 2 atom stereocenters. The van der Waals surface area contributed by atoms with E-state index in [-0.39, 0.29) is 23.4 Å². The maximum atomic E-state index is 13.3. The molecule has 0 radical (unpaired) electrons. The van der Waals surface area contributed by atoms with Crippen molar-refractivity contribution >= 4 is 0 Å². The minimum Gasteiger partial charge on any atom is -0.490 e. The summed E-state index contributed by atoms with van der Waals surface area (Å²) in [6.45, 7) is 1.77. The molecule has 20 heavy (non-hydrogen) atoms. The molecule has 0 bridgehead atoms. The Morgan fingerprint density at radius 2 is 1.90 bits per heavy atom. The Morgan fingerprint density at radius 3 is 2.50 bits per heavy atom. The van der Waals surface area contributed by atoms with Crippen molar-refractivity contribution in [3.05, 3.63) is 29.6 Å². The fourth-order valence-corrected chi connectivity index (χ4v) is 3.88. The molecular weight excluding hydrogens is 253 g/mol. The van der Waals surface area contributed by atoms with Crippen molar-refractivity contribution in [3.63, 3.8) is 0 Å². The number of hydrogen-bond acceptors (Lipinski definition) is 2. The van der Waals surface area contributed by atoms with Gasteiger partial charge in [0, 0.05) is 17.9 Å². The molecule has 0 aromatic heterocycles. The minimum absolute atomic E-state index is 0.165. The molecule has 0 saturated heterocycles. The second-order valence-corrected chi connectivity index (χ2v) is 6.51. The molecule has 2 nitrogen and oxygen atoms in total. The average molecular weight is 277 g/mol. The topological polar surface area (TPSA) is 35.2 Å². The second kappa shape index (κ2) is 5.36. The van der Waals surface area contributed by atoms with Crippen LogP contribution >= 0.6 is 0 Å². The number of aryl methyl sites for hydroxylation is 1. The molecule has 2 saturated carbocycles. The average Bonchev–Trinajstić information content (AvgIpc) is 2.70. The fourth-order valence-electron chi connectivity index (χ4n) is 3.88. The Balaban J connectivity index is 1.75. The van der Waals surface area contributed by atoms with E-state index in [0.717, 1.165) is 12.2 Å². The van der Waals surface area contributed by atoms with Crippen molar-refractivity contribution in [1.82, 2.24) is 0 Å². The molecule has 110 valence electrons. The van der Waals surface area contributed by atoms with Gasteiger partial charge in [-0.3, -0.25) is 0 Å². The van der Waals surface area contributed by atoms with E-state index in [2.05, 4.69) is 0 Å². The first-order chi connectivity index (χ1) is 9.62. The highest BCUT2D eigenvalue weighted by Gasteiger charge is 2.54. The quantitative estimate of drug-likeness (QED) is 0.888. The summed E-state index contributed by atoms with van der Waals surface area (Å²) in [6, 6.07) is 5.29. The predicted octanol–water partition coefficient (Wildman–Crippen LogP) is 3.95. The lowest BCUT2D eigenvalue weighted by Gasteiger charge is -2.54. The Morgan fingerprint density at radius 1 is 1.20 bits per heavy atom. The summed E-state index contributed by atoms with van der Waals surface area (Å²) >= 11 is 0. The molecule has 2 N–H and O–H groups in total. The number of rotatable bonds is 2. The highest BCUT2D eigenvalue weighted by Crippen LogP contribution is 2.51. The van der Waals surface area contributed by atoms with Crippen LogP contribution in [-0.4, -0.2) is 12.1 Å². The molecule has 3 heteroatoms. The van der Waals surface area contributed by atoms with Crippen molar-refractivity contribution < 1.29 is 9.13 Å². The molecule has 0 amide bonds. The van der Waals surface area contributed by atoms with Crippen LogP contribution in [0, 0.1) is 18.2 Å². The zero-order valence-electron chi connectivity index (χ0n) is 12.2. The maximum Gasteiger partial charge on any atom is 0.126 e. The van der Waals surface area contributed by atoms with Gasteiger partial charge in [0.1, 0.15) is 17.7 Å². The van der Waals surface area contributed by atoms with Crippen LogP contribution in [-0.2, 0) is 0 Å². The van der Waals surface area contributed by atoms with Crippen LogP contribution in [0.15, 0.2) is 18.2 Å². The molecule has 1 aromatic rings. The minimum atomic E-state index is -0.174. The van der Waals surface area contributed by atoms with E-state index in [4.69, 9.17) is 10.5 Å². The van der Waals surface area contributed by atoms with Gasteiger partial charge in [0.15, 0.2) is 0 Å². The SMILES string of the molecule is Cc1cc(OC2CC(N)C23CCCCCC3)ccc1F. The molecule has 2 aliphatic rings. The largest absolute Gasteiger partial charge is 0.490 e. The number of hydrogen-bond donors (Lipinski definition) is 1. The normalized spacial score (nSPS) is 28.8. The number of ether oxygens (including phenoxy) is 1. The van der Waals surface area contributed by atoms with Gasteiger partial charge in [0.25, 0.3) is 0 Å². The van der Waals surface area contributed by atoms with Crippen LogP contribution in [0.2, 0.25) is 0 Å². The van der Waals surface area contributed by atoms with E-state index in [1.54, 1.807) is 19.1 Å². The second-order valence-electron chi connectivity index (χ2n) is 6.51. The third-order valence-corrected chi connectivity index (χ3v) is 5.29. The number of benzene rings is 1. The predicted molar refractivity (Wildman–Crippen MR) is 78.3 cm³/mol. The van der Waals surface area contributed by atoms with Gasteiger partial charge < -0.3 is 10.5 Å². The van der Waals surface area contributed by atoms with Crippen LogP contribution in [0.1, 0.15) is 50.5 Å². The first kappa shape index (κ1) is 13.9.